The molecular weight excluding hydrogens is 236 g/mol. The quantitative estimate of drug-likeness (QED) is 0.251. The van der Waals surface area contributed by atoms with Gasteiger partial charge in [-0.25, -0.2) is 4.79 Å². The summed E-state index contributed by atoms with van der Waals surface area (Å²) in [6.45, 7) is 1.65. The first kappa shape index (κ1) is 14.6. The van der Waals surface area contributed by atoms with Crippen LogP contribution in [0, 0.1) is 5.41 Å². The molecule has 0 aromatic rings. The minimum atomic E-state index is -4.05. The minimum Gasteiger partial charge on any atom is -0.370 e. The fraction of sp³-hybridized carbons (Fsp3) is 0.714. The van der Waals surface area contributed by atoms with Gasteiger partial charge in [0.25, 0.3) is 0 Å². The Kier molecular flexibility index (Phi) is 6.42. The summed E-state index contributed by atoms with van der Waals surface area (Å²) in [4.78, 5) is 10.9. The maximum absolute atomic E-state index is 11.1. The van der Waals surface area contributed by atoms with Crippen LogP contribution in [-0.2, 0) is 19.3 Å². The number of unbranched alkanes of at least 4 members (excludes halogenated alkanes) is 1. The van der Waals surface area contributed by atoms with Crippen molar-refractivity contribution in [3.05, 3.63) is 0 Å². The molecule has 0 aromatic carbocycles. The number of nitrogens with one attached hydrogen (secondary N) is 3. The van der Waals surface area contributed by atoms with E-state index in [0.29, 0.717) is 6.42 Å². The number of rotatable bonds is 7. The molecule has 0 fully saturated rings. The van der Waals surface area contributed by atoms with Crippen LogP contribution >= 0.6 is 0 Å². The molecule has 94 valence electrons. The molecule has 0 aromatic heterocycles. The molecule has 0 saturated heterocycles. The van der Waals surface area contributed by atoms with Crippen molar-refractivity contribution < 1.29 is 17.4 Å². The van der Waals surface area contributed by atoms with E-state index < -0.39 is 28.8 Å². The number of carbonyl (C=O) groups is 1. The normalized spacial score (nSPS) is 10.8. The molecule has 0 rings (SSSR count). The lowest BCUT2D eigenvalue weighted by molar-refractivity contribution is -0.132. The number of carbonyl (C=O) groups excluding carboxylic acids is 1. The number of nitrogens with two attached hydrogens (primary N) is 1. The van der Waals surface area contributed by atoms with Crippen molar-refractivity contribution in [2.24, 2.45) is 5.73 Å². The number of hydrogen-bond donors (Lipinski definition) is 4. The summed E-state index contributed by atoms with van der Waals surface area (Å²) in [7, 11) is -4.05. The summed E-state index contributed by atoms with van der Waals surface area (Å²) in [5.41, 5.74) is 4.90. The van der Waals surface area contributed by atoms with Crippen LogP contribution in [0.1, 0.15) is 19.8 Å². The zero-order chi connectivity index (χ0) is 12.6. The summed E-state index contributed by atoms with van der Waals surface area (Å²) in [5.74, 6) is -1.47. The van der Waals surface area contributed by atoms with Gasteiger partial charge in [0, 0.05) is 6.54 Å². The van der Waals surface area contributed by atoms with Crippen molar-refractivity contribution in [2.75, 3.05) is 13.1 Å². The first-order valence-corrected chi connectivity index (χ1v) is 6.08. The summed E-state index contributed by atoms with van der Waals surface area (Å²) in [6.07, 6.45) is 1.48. The minimum absolute atomic E-state index is 0.215. The van der Waals surface area contributed by atoms with Gasteiger partial charge in [0.15, 0.2) is 5.96 Å². The third-order valence-electron chi connectivity index (χ3n) is 1.43. The Morgan fingerprint density at radius 3 is 2.62 bits per heavy atom. The second kappa shape index (κ2) is 7.01. The highest BCUT2D eigenvalue weighted by atomic mass is 32.2. The van der Waals surface area contributed by atoms with E-state index in [2.05, 4.69) is 14.2 Å². The van der Waals surface area contributed by atoms with Gasteiger partial charge in [-0.2, -0.15) is 13.1 Å². The smallest absolute Gasteiger partial charge is 0.370 e. The lowest BCUT2D eigenvalue weighted by atomic mass is 10.3. The van der Waals surface area contributed by atoms with Crippen molar-refractivity contribution in [1.29, 1.82) is 5.41 Å². The first-order chi connectivity index (χ1) is 7.37. The molecule has 0 bridgehead atoms. The van der Waals surface area contributed by atoms with E-state index in [0.717, 1.165) is 6.42 Å². The highest BCUT2D eigenvalue weighted by Gasteiger charge is 2.15. The van der Waals surface area contributed by atoms with Crippen LogP contribution in [0.4, 0.5) is 0 Å². The predicted molar refractivity (Wildman–Crippen MR) is 57.8 cm³/mol. The highest BCUT2D eigenvalue weighted by Crippen LogP contribution is 1.91. The second-order valence-corrected chi connectivity index (χ2v) is 4.29. The van der Waals surface area contributed by atoms with Gasteiger partial charge in [-0.1, -0.05) is 13.3 Å². The van der Waals surface area contributed by atoms with Gasteiger partial charge in [0.1, 0.15) is 6.54 Å². The highest BCUT2D eigenvalue weighted by molar-refractivity contribution is 7.85. The monoisotopic (exact) mass is 252 g/mol. The van der Waals surface area contributed by atoms with E-state index in [4.69, 9.17) is 11.1 Å². The molecule has 0 aliphatic heterocycles. The molecule has 0 aliphatic carbocycles. The van der Waals surface area contributed by atoms with Gasteiger partial charge in [-0.05, 0) is 6.42 Å². The molecule has 0 atom stereocenters. The predicted octanol–water partition coefficient (Wildman–Crippen LogP) is -1.35. The van der Waals surface area contributed by atoms with Gasteiger partial charge < -0.3 is 15.2 Å². The largest absolute Gasteiger partial charge is 0.385 e. The molecule has 16 heavy (non-hydrogen) atoms. The van der Waals surface area contributed by atoms with Gasteiger partial charge in [0.05, 0.1) is 0 Å². The van der Waals surface area contributed by atoms with Crippen molar-refractivity contribution in [1.82, 2.24) is 10.0 Å². The Hall–Kier alpha value is -1.35. The third-order valence-corrected chi connectivity index (χ3v) is 2.40. The molecule has 8 nitrogen and oxygen atoms in total. The van der Waals surface area contributed by atoms with Crippen LogP contribution in [0.3, 0.4) is 0 Å². The van der Waals surface area contributed by atoms with Crippen molar-refractivity contribution in [3.8, 4) is 0 Å². The molecule has 0 spiro atoms. The number of hydrogen-bond acceptors (Lipinski definition) is 5. The summed E-state index contributed by atoms with van der Waals surface area (Å²) in [6, 6.07) is 0. The van der Waals surface area contributed by atoms with E-state index in [9.17, 15) is 13.2 Å². The molecule has 0 aliphatic rings. The van der Waals surface area contributed by atoms with Gasteiger partial charge >= 0.3 is 16.3 Å². The fourth-order valence-corrected chi connectivity index (χ4v) is 1.48. The van der Waals surface area contributed by atoms with Crippen molar-refractivity contribution >= 4 is 22.2 Å². The van der Waals surface area contributed by atoms with E-state index in [1.807, 2.05) is 6.92 Å². The second-order valence-electron chi connectivity index (χ2n) is 2.92. The topological polar surface area (TPSA) is 134 Å². The standard InChI is InChI=1S/C7H16N4O4S/c1-2-3-4-11-16(13,14)15-6(12)5-10-7(8)9/h11H,2-5H2,1H3,(H4,8,9,10). The molecule has 5 N–H and O–H groups in total. The van der Waals surface area contributed by atoms with Crippen LogP contribution in [0.25, 0.3) is 0 Å². The van der Waals surface area contributed by atoms with Gasteiger partial charge in [-0.3, -0.25) is 5.41 Å². The van der Waals surface area contributed by atoms with E-state index in [1.54, 1.807) is 0 Å². The van der Waals surface area contributed by atoms with Crippen LogP contribution in [0.15, 0.2) is 0 Å². The van der Waals surface area contributed by atoms with Crippen LogP contribution < -0.4 is 15.8 Å². The maximum atomic E-state index is 11.1. The first-order valence-electron chi connectivity index (χ1n) is 4.67. The molecule has 0 amide bonds. The lowest BCUT2D eigenvalue weighted by Crippen LogP contribution is -2.38. The summed E-state index contributed by atoms with van der Waals surface area (Å²) in [5, 5.41) is 8.88. The molecule has 0 heterocycles. The van der Waals surface area contributed by atoms with Crippen molar-refractivity contribution in [2.45, 2.75) is 19.8 Å². The van der Waals surface area contributed by atoms with Crippen molar-refractivity contribution in [3.63, 3.8) is 0 Å². The van der Waals surface area contributed by atoms with Crippen LogP contribution in [0.2, 0.25) is 0 Å². The average molecular weight is 252 g/mol. The molecule has 0 unspecified atom stereocenters. The van der Waals surface area contributed by atoms with E-state index in [-0.39, 0.29) is 6.54 Å². The maximum Gasteiger partial charge on any atom is 0.385 e. The van der Waals surface area contributed by atoms with Crippen LogP contribution in [-0.4, -0.2) is 33.4 Å². The zero-order valence-electron chi connectivity index (χ0n) is 8.95. The molecule has 0 radical (unpaired) electrons. The Bertz CT molecular complexity index is 340. The summed E-state index contributed by atoms with van der Waals surface area (Å²) < 4.78 is 28.4. The zero-order valence-corrected chi connectivity index (χ0v) is 9.76. The van der Waals surface area contributed by atoms with Gasteiger partial charge in [-0.15, -0.1) is 0 Å². The molecule has 9 heteroatoms. The Morgan fingerprint density at radius 2 is 2.12 bits per heavy atom. The van der Waals surface area contributed by atoms with Gasteiger partial charge in [0.2, 0.25) is 0 Å². The Labute approximate surface area is 94.3 Å². The third kappa shape index (κ3) is 8.00. The SMILES string of the molecule is CCCCNS(=O)(=O)OC(=O)CNC(=N)N. The number of guanidine groups is 1. The molecule has 0 saturated carbocycles. The lowest BCUT2D eigenvalue weighted by Gasteiger charge is -2.06. The van der Waals surface area contributed by atoms with E-state index in [1.165, 1.54) is 0 Å². The fourth-order valence-electron chi connectivity index (χ4n) is 0.723. The average Bonchev–Trinajstić information content (AvgIpc) is 2.14. The Morgan fingerprint density at radius 1 is 1.50 bits per heavy atom. The van der Waals surface area contributed by atoms with Crippen LogP contribution in [0.5, 0.6) is 0 Å². The molecular formula is C7H16N4O4S. The summed E-state index contributed by atoms with van der Waals surface area (Å²) >= 11 is 0. The van der Waals surface area contributed by atoms with E-state index >= 15 is 0 Å². The Balaban J connectivity index is 3.96.